The van der Waals surface area contributed by atoms with Crippen LogP contribution < -0.4 is 11.1 Å². The van der Waals surface area contributed by atoms with Crippen molar-refractivity contribution in [2.45, 2.75) is 64.7 Å². The molecule has 6 nitrogen and oxygen atoms in total. The van der Waals surface area contributed by atoms with E-state index in [9.17, 15) is 15.0 Å². The van der Waals surface area contributed by atoms with Gasteiger partial charge in [0.2, 0.25) is 0 Å². The fraction of sp³-hybridized carbons (Fsp3) is 0.480. The molecule has 6 N–H and O–H groups in total. The number of rotatable bonds is 9. The number of nitrogens with one attached hydrogen (secondary N) is 1. The van der Waals surface area contributed by atoms with E-state index in [1.807, 2.05) is 69.3 Å². The van der Waals surface area contributed by atoms with Crippen molar-refractivity contribution in [3.63, 3.8) is 0 Å². The van der Waals surface area contributed by atoms with Gasteiger partial charge < -0.3 is 26.4 Å². The fourth-order valence-corrected chi connectivity index (χ4v) is 3.24. The lowest BCUT2D eigenvalue weighted by molar-refractivity contribution is 0.0631. The summed E-state index contributed by atoms with van der Waals surface area (Å²) in [4.78, 5) is 10.8. The van der Waals surface area contributed by atoms with E-state index < -0.39 is 18.2 Å². The summed E-state index contributed by atoms with van der Waals surface area (Å²) in [5.41, 5.74) is 7.36. The molecule has 2 aromatic carbocycles. The molecule has 0 aromatic heterocycles. The highest BCUT2D eigenvalue weighted by Crippen LogP contribution is 2.24. The number of carbonyl (C=O) groups is 1. The van der Waals surface area contributed by atoms with Gasteiger partial charge in [-0.1, -0.05) is 81.4 Å². The molecule has 1 amide bonds. The SMILES string of the molecule is CC(C)(C)C(NC(=O)O)C(O)CCc1ccccc1.NCC(O)CCc1ccccc1. The molecule has 0 bridgehead atoms. The Morgan fingerprint density at radius 1 is 0.903 bits per heavy atom. The topological polar surface area (TPSA) is 116 Å². The number of amides is 1. The molecule has 0 fully saturated rings. The van der Waals surface area contributed by atoms with Gasteiger partial charge in [0.05, 0.1) is 18.2 Å². The zero-order valence-electron chi connectivity index (χ0n) is 18.9. The minimum atomic E-state index is -1.10. The molecule has 0 aliphatic rings. The number of hydrogen-bond acceptors (Lipinski definition) is 4. The minimum absolute atomic E-state index is 0.325. The zero-order chi connectivity index (χ0) is 23.3. The quantitative estimate of drug-likeness (QED) is 0.417. The van der Waals surface area contributed by atoms with E-state index >= 15 is 0 Å². The molecule has 31 heavy (non-hydrogen) atoms. The van der Waals surface area contributed by atoms with Crippen molar-refractivity contribution in [1.29, 1.82) is 0 Å². The molecule has 172 valence electrons. The van der Waals surface area contributed by atoms with Gasteiger partial charge in [0.1, 0.15) is 0 Å². The molecule has 0 heterocycles. The molecule has 3 unspecified atom stereocenters. The molecule has 6 heteroatoms. The van der Waals surface area contributed by atoms with Crippen LogP contribution in [-0.2, 0) is 12.8 Å². The Bertz CT molecular complexity index is 732. The Morgan fingerprint density at radius 2 is 1.35 bits per heavy atom. The van der Waals surface area contributed by atoms with Gasteiger partial charge in [0.15, 0.2) is 0 Å². The highest BCUT2D eigenvalue weighted by molar-refractivity contribution is 5.65. The first-order chi connectivity index (χ1) is 14.6. The molecule has 0 radical (unpaired) electrons. The maximum Gasteiger partial charge on any atom is 0.404 e. The van der Waals surface area contributed by atoms with Crippen molar-refractivity contribution in [3.8, 4) is 0 Å². The first kappa shape index (κ1) is 26.6. The minimum Gasteiger partial charge on any atom is -0.465 e. The second-order valence-corrected chi connectivity index (χ2v) is 8.80. The van der Waals surface area contributed by atoms with Crippen LogP contribution in [0.1, 0.15) is 44.7 Å². The van der Waals surface area contributed by atoms with E-state index in [1.54, 1.807) is 0 Å². The summed E-state index contributed by atoms with van der Waals surface area (Å²) in [6.07, 6.45) is 0.766. The third-order valence-electron chi connectivity index (χ3n) is 5.05. The molecule has 2 rings (SSSR count). The Kier molecular flexibility index (Phi) is 11.9. The van der Waals surface area contributed by atoms with Gasteiger partial charge in [-0.3, -0.25) is 0 Å². The molecule has 0 aliphatic carbocycles. The zero-order valence-corrected chi connectivity index (χ0v) is 18.9. The van der Waals surface area contributed by atoms with Crippen LogP contribution >= 0.6 is 0 Å². The van der Waals surface area contributed by atoms with E-state index in [4.69, 9.17) is 10.8 Å². The first-order valence-electron chi connectivity index (χ1n) is 10.8. The average Bonchev–Trinajstić information content (AvgIpc) is 2.75. The van der Waals surface area contributed by atoms with Gasteiger partial charge in [-0.05, 0) is 42.2 Å². The highest BCUT2D eigenvalue weighted by atomic mass is 16.4. The molecule has 0 spiro atoms. The van der Waals surface area contributed by atoms with Crippen LogP contribution in [0.4, 0.5) is 4.79 Å². The number of nitrogens with two attached hydrogens (primary N) is 1. The second-order valence-electron chi connectivity index (χ2n) is 8.80. The van der Waals surface area contributed by atoms with Crippen molar-refractivity contribution in [2.24, 2.45) is 11.1 Å². The summed E-state index contributed by atoms with van der Waals surface area (Å²) >= 11 is 0. The predicted molar refractivity (Wildman–Crippen MR) is 125 cm³/mol. The van der Waals surface area contributed by atoms with E-state index in [2.05, 4.69) is 17.4 Å². The van der Waals surface area contributed by atoms with Crippen LogP contribution in [0.25, 0.3) is 0 Å². The van der Waals surface area contributed by atoms with Crippen molar-refractivity contribution in [3.05, 3.63) is 71.8 Å². The highest BCUT2D eigenvalue weighted by Gasteiger charge is 2.32. The predicted octanol–water partition coefficient (Wildman–Crippen LogP) is 3.60. The van der Waals surface area contributed by atoms with E-state index in [0.29, 0.717) is 13.0 Å². The summed E-state index contributed by atoms with van der Waals surface area (Å²) in [5.74, 6) is 0. The normalized spacial score (nSPS) is 14.0. The standard InChI is InChI=1S/C15H23NO3.C10H15NO/c1-15(2,3)13(16-14(18)19)12(17)10-9-11-7-5-4-6-8-11;11-8-10(12)7-6-9-4-2-1-3-5-9/h4-8,12-13,16-17H,9-10H2,1-3H3,(H,18,19);1-5,10,12H,6-8,11H2. The van der Waals surface area contributed by atoms with Gasteiger partial charge in [0, 0.05) is 6.54 Å². The van der Waals surface area contributed by atoms with Crippen molar-refractivity contribution >= 4 is 6.09 Å². The van der Waals surface area contributed by atoms with Gasteiger partial charge >= 0.3 is 6.09 Å². The van der Waals surface area contributed by atoms with Crippen LogP contribution in [0.3, 0.4) is 0 Å². The lowest BCUT2D eigenvalue weighted by Crippen LogP contribution is -2.50. The molecule has 0 aliphatic heterocycles. The lowest BCUT2D eigenvalue weighted by atomic mass is 9.82. The Morgan fingerprint density at radius 3 is 1.74 bits per heavy atom. The largest absolute Gasteiger partial charge is 0.465 e. The van der Waals surface area contributed by atoms with E-state index in [0.717, 1.165) is 24.8 Å². The maximum atomic E-state index is 10.8. The lowest BCUT2D eigenvalue weighted by Gasteiger charge is -2.34. The maximum absolute atomic E-state index is 10.8. The summed E-state index contributed by atoms with van der Waals surface area (Å²) in [6.45, 7) is 6.10. The molecular formula is C25H38N2O4. The number of carboxylic acid groups (broad SMARTS) is 1. The van der Waals surface area contributed by atoms with Crippen LogP contribution in [0.5, 0.6) is 0 Å². The van der Waals surface area contributed by atoms with E-state index in [-0.39, 0.29) is 11.5 Å². The summed E-state index contributed by atoms with van der Waals surface area (Å²) in [7, 11) is 0. The summed E-state index contributed by atoms with van der Waals surface area (Å²) in [6, 6.07) is 19.5. The smallest absolute Gasteiger partial charge is 0.404 e. The number of hydrogen-bond donors (Lipinski definition) is 5. The number of aliphatic hydroxyl groups is 2. The fourth-order valence-electron chi connectivity index (χ4n) is 3.24. The van der Waals surface area contributed by atoms with Crippen LogP contribution in [-0.4, -0.2) is 46.2 Å². The number of aryl methyl sites for hydroxylation is 2. The molecule has 2 aromatic rings. The molecule has 3 atom stereocenters. The molecular weight excluding hydrogens is 392 g/mol. The second kappa shape index (κ2) is 13.8. The van der Waals surface area contributed by atoms with Crippen molar-refractivity contribution < 1.29 is 20.1 Å². The summed E-state index contributed by atoms with van der Waals surface area (Å²) < 4.78 is 0. The van der Waals surface area contributed by atoms with Gasteiger partial charge in [-0.2, -0.15) is 0 Å². The monoisotopic (exact) mass is 430 g/mol. The van der Waals surface area contributed by atoms with Gasteiger partial charge in [-0.25, -0.2) is 4.79 Å². The molecule has 0 saturated carbocycles. The number of benzene rings is 2. The van der Waals surface area contributed by atoms with Crippen LogP contribution in [0.15, 0.2) is 60.7 Å². The average molecular weight is 431 g/mol. The first-order valence-corrected chi connectivity index (χ1v) is 10.8. The van der Waals surface area contributed by atoms with Crippen LogP contribution in [0, 0.1) is 5.41 Å². The number of aliphatic hydroxyl groups excluding tert-OH is 2. The van der Waals surface area contributed by atoms with E-state index in [1.165, 1.54) is 5.56 Å². The van der Waals surface area contributed by atoms with Crippen LogP contribution in [0.2, 0.25) is 0 Å². The van der Waals surface area contributed by atoms with Crippen molar-refractivity contribution in [1.82, 2.24) is 5.32 Å². The molecule has 0 saturated heterocycles. The van der Waals surface area contributed by atoms with Gasteiger partial charge in [-0.15, -0.1) is 0 Å². The Labute approximate surface area is 186 Å². The Balaban J connectivity index is 0.000000343. The van der Waals surface area contributed by atoms with Gasteiger partial charge in [0.25, 0.3) is 0 Å². The third-order valence-corrected chi connectivity index (χ3v) is 5.05. The van der Waals surface area contributed by atoms with Crippen molar-refractivity contribution in [2.75, 3.05) is 6.54 Å². The summed E-state index contributed by atoms with van der Waals surface area (Å²) in [5, 5.41) is 30.7. The third kappa shape index (κ3) is 11.5. The Hall–Kier alpha value is -2.41.